The number of carbonyl (C=O) groups excluding carboxylic acids is 3. The van der Waals surface area contributed by atoms with E-state index in [-0.39, 0.29) is 22.2 Å². The van der Waals surface area contributed by atoms with Gasteiger partial charge in [0.2, 0.25) is 5.91 Å². The highest BCUT2D eigenvalue weighted by atomic mass is 35.5. The molecule has 4 rings (SSSR count). The van der Waals surface area contributed by atoms with Crippen molar-refractivity contribution < 1.29 is 33.8 Å². The minimum absolute atomic E-state index is 0.0325. The summed E-state index contributed by atoms with van der Waals surface area (Å²) in [7, 11) is 3.02. The maximum Gasteiger partial charge on any atom is 0.337 e. The van der Waals surface area contributed by atoms with E-state index in [4.69, 9.17) is 21.1 Å². The molecule has 10 nitrogen and oxygen atoms in total. The third-order valence-electron chi connectivity index (χ3n) is 6.77. The lowest BCUT2D eigenvalue weighted by molar-refractivity contribution is -0.116. The van der Waals surface area contributed by atoms with Gasteiger partial charge in [0.1, 0.15) is 17.2 Å². The van der Waals surface area contributed by atoms with Crippen LogP contribution in [0.1, 0.15) is 39.6 Å². The molecule has 0 aliphatic rings. The number of carbonyl (C=O) groups is 4. The minimum atomic E-state index is -1.20. The summed E-state index contributed by atoms with van der Waals surface area (Å²) in [5.74, 6) is -1.60. The van der Waals surface area contributed by atoms with Crippen LogP contribution in [-0.4, -0.2) is 48.3 Å². The van der Waals surface area contributed by atoms with Crippen LogP contribution in [0.5, 0.6) is 11.5 Å². The smallest absolute Gasteiger partial charge is 0.337 e. The van der Waals surface area contributed by atoms with E-state index in [0.29, 0.717) is 45.3 Å². The second-order valence-corrected chi connectivity index (χ2v) is 11.7. The Morgan fingerprint density at radius 2 is 1.62 bits per heavy atom. The molecule has 0 radical (unpaired) electrons. The lowest BCUT2D eigenvalue weighted by Crippen LogP contribution is -2.30. The fourth-order valence-corrected chi connectivity index (χ4v) is 5.57. The van der Waals surface area contributed by atoms with Gasteiger partial charge in [-0.15, -0.1) is 11.8 Å². The summed E-state index contributed by atoms with van der Waals surface area (Å²) in [6.45, 7) is 1.85. The highest BCUT2D eigenvalue weighted by Crippen LogP contribution is 2.30. The first kappa shape index (κ1) is 34.6. The van der Waals surface area contributed by atoms with Crippen LogP contribution in [0.15, 0.2) is 102 Å². The van der Waals surface area contributed by atoms with Gasteiger partial charge in [0.15, 0.2) is 0 Å². The van der Waals surface area contributed by atoms with Crippen molar-refractivity contribution >= 4 is 64.5 Å². The molecule has 0 saturated heterocycles. The molecule has 0 fully saturated rings. The SMILES string of the molecule is CCC(Sc1cccc(NC(=O)/C(=C\c2ccc(OC)cc2OC)NC(=O)c2ccccc2)c1)C(=O)Nc1ccc(Cl)c(C(=O)O)c1. The molecule has 4 aromatic carbocycles. The van der Waals surface area contributed by atoms with Crippen LogP contribution in [0.2, 0.25) is 5.02 Å². The Morgan fingerprint density at radius 1 is 0.872 bits per heavy atom. The van der Waals surface area contributed by atoms with Gasteiger partial charge in [0, 0.05) is 33.5 Å². The average molecular weight is 674 g/mol. The molecule has 4 aromatic rings. The van der Waals surface area contributed by atoms with Gasteiger partial charge in [0.25, 0.3) is 11.8 Å². The number of nitrogens with one attached hydrogen (secondary N) is 3. The van der Waals surface area contributed by atoms with Crippen molar-refractivity contribution in [2.75, 3.05) is 24.9 Å². The van der Waals surface area contributed by atoms with Crippen LogP contribution in [-0.2, 0) is 9.59 Å². The van der Waals surface area contributed by atoms with Crippen molar-refractivity contribution in [2.45, 2.75) is 23.5 Å². The normalized spacial score (nSPS) is 11.6. The standard InChI is InChI=1S/C35H32ClN3O7S/c1-4-31(34(42)38-24-14-16-28(36)27(19-24)35(43)44)47-26-12-8-11-23(18-26)37-33(41)29(39-32(40)21-9-6-5-7-10-21)17-22-13-15-25(45-2)20-30(22)46-3/h5-20,31H,4H2,1-3H3,(H,37,41)(H,38,42)(H,39,40)(H,43,44)/b29-17+. The number of methoxy groups -OCH3 is 2. The molecule has 0 aliphatic carbocycles. The van der Waals surface area contributed by atoms with E-state index >= 15 is 0 Å². The molecule has 0 spiro atoms. The van der Waals surface area contributed by atoms with Crippen molar-refractivity contribution in [3.8, 4) is 11.5 Å². The molecule has 0 aliphatic heterocycles. The van der Waals surface area contributed by atoms with Crippen molar-refractivity contribution in [2.24, 2.45) is 0 Å². The number of anilines is 2. The minimum Gasteiger partial charge on any atom is -0.497 e. The van der Waals surface area contributed by atoms with Crippen LogP contribution in [0.25, 0.3) is 6.08 Å². The monoisotopic (exact) mass is 673 g/mol. The first-order valence-electron chi connectivity index (χ1n) is 14.3. The van der Waals surface area contributed by atoms with Crippen molar-refractivity contribution in [3.05, 3.63) is 118 Å². The first-order chi connectivity index (χ1) is 22.6. The zero-order chi connectivity index (χ0) is 33.9. The van der Waals surface area contributed by atoms with Gasteiger partial charge < -0.3 is 30.5 Å². The molecule has 1 atom stereocenters. The summed E-state index contributed by atoms with van der Waals surface area (Å²) < 4.78 is 10.8. The summed E-state index contributed by atoms with van der Waals surface area (Å²) in [6.07, 6.45) is 1.98. The fraction of sp³-hybridized carbons (Fsp3) is 0.143. The number of carboxylic acid groups (broad SMARTS) is 1. The van der Waals surface area contributed by atoms with Crippen LogP contribution in [0.3, 0.4) is 0 Å². The molecular formula is C35H32ClN3O7S. The van der Waals surface area contributed by atoms with Gasteiger partial charge in [-0.1, -0.05) is 42.8 Å². The number of carboxylic acids is 1. The zero-order valence-corrected chi connectivity index (χ0v) is 27.3. The van der Waals surface area contributed by atoms with E-state index in [1.165, 1.54) is 50.3 Å². The number of rotatable bonds is 13. The summed E-state index contributed by atoms with van der Waals surface area (Å²) in [6, 6.07) is 24.8. The average Bonchev–Trinajstić information content (AvgIpc) is 3.08. The summed E-state index contributed by atoms with van der Waals surface area (Å²) in [5, 5.41) is 17.2. The second kappa shape index (κ2) is 16.3. The van der Waals surface area contributed by atoms with Crippen LogP contribution >= 0.6 is 23.4 Å². The van der Waals surface area contributed by atoms with Gasteiger partial charge in [-0.3, -0.25) is 14.4 Å². The molecule has 0 saturated carbocycles. The van der Waals surface area contributed by atoms with Gasteiger partial charge in [-0.2, -0.15) is 0 Å². The number of thioether (sulfide) groups is 1. The predicted octanol–water partition coefficient (Wildman–Crippen LogP) is 6.97. The number of halogens is 1. The van der Waals surface area contributed by atoms with E-state index in [9.17, 15) is 24.3 Å². The van der Waals surface area contributed by atoms with Crippen LogP contribution < -0.4 is 25.4 Å². The van der Waals surface area contributed by atoms with E-state index in [1.807, 2.05) is 6.92 Å². The third kappa shape index (κ3) is 9.38. The molecule has 242 valence electrons. The Kier molecular flexibility index (Phi) is 12.0. The van der Waals surface area contributed by atoms with E-state index in [2.05, 4.69) is 16.0 Å². The maximum atomic E-state index is 13.6. The fourth-order valence-electron chi connectivity index (χ4n) is 4.36. The lowest BCUT2D eigenvalue weighted by Gasteiger charge is -2.16. The number of benzene rings is 4. The molecular weight excluding hydrogens is 642 g/mol. The van der Waals surface area contributed by atoms with Gasteiger partial charge in [-0.05, 0) is 73.2 Å². The van der Waals surface area contributed by atoms with Crippen molar-refractivity contribution in [1.82, 2.24) is 5.32 Å². The Morgan fingerprint density at radius 3 is 2.30 bits per heavy atom. The van der Waals surface area contributed by atoms with Crippen LogP contribution in [0.4, 0.5) is 11.4 Å². The predicted molar refractivity (Wildman–Crippen MR) is 183 cm³/mol. The van der Waals surface area contributed by atoms with Crippen LogP contribution in [0, 0.1) is 0 Å². The molecule has 12 heteroatoms. The zero-order valence-electron chi connectivity index (χ0n) is 25.7. The quantitative estimate of drug-likeness (QED) is 0.0880. The largest absolute Gasteiger partial charge is 0.497 e. The number of aromatic carboxylic acids is 1. The number of ether oxygens (including phenoxy) is 2. The Hall–Kier alpha value is -5.26. The summed E-state index contributed by atoms with van der Waals surface area (Å²) >= 11 is 7.23. The topological polar surface area (TPSA) is 143 Å². The van der Waals surface area contributed by atoms with E-state index in [1.54, 1.807) is 72.8 Å². The van der Waals surface area contributed by atoms with E-state index in [0.717, 1.165) is 0 Å². The molecule has 4 N–H and O–H groups in total. The molecule has 3 amide bonds. The highest BCUT2D eigenvalue weighted by molar-refractivity contribution is 8.00. The maximum absolute atomic E-state index is 13.6. The van der Waals surface area contributed by atoms with Gasteiger partial charge >= 0.3 is 5.97 Å². The second-order valence-electron chi connectivity index (χ2n) is 9.97. The molecule has 0 aromatic heterocycles. The molecule has 0 bridgehead atoms. The summed E-state index contributed by atoms with van der Waals surface area (Å²) in [5.41, 5.74) is 1.49. The highest BCUT2D eigenvalue weighted by Gasteiger charge is 2.21. The lowest BCUT2D eigenvalue weighted by atomic mass is 10.1. The molecule has 0 heterocycles. The number of amides is 3. The van der Waals surface area contributed by atoms with E-state index < -0.39 is 23.0 Å². The first-order valence-corrected chi connectivity index (χ1v) is 15.6. The number of hydrogen-bond donors (Lipinski definition) is 4. The number of hydrogen-bond acceptors (Lipinski definition) is 7. The van der Waals surface area contributed by atoms with Crippen molar-refractivity contribution in [1.29, 1.82) is 0 Å². The van der Waals surface area contributed by atoms with Gasteiger partial charge in [-0.25, -0.2) is 4.79 Å². The Balaban J connectivity index is 1.54. The van der Waals surface area contributed by atoms with Gasteiger partial charge in [0.05, 0.1) is 30.1 Å². The summed E-state index contributed by atoms with van der Waals surface area (Å²) in [4.78, 5) is 51.9. The Labute approximate surface area is 281 Å². The van der Waals surface area contributed by atoms with Crippen molar-refractivity contribution in [3.63, 3.8) is 0 Å². The molecule has 1 unspecified atom stereocenters. The Bertz CT molecular complexity index is 1810. The third-order valence-corrected chi connectivity index (χ3v) is 8.45. The molecule has 47 heavy (non-hydrogen) atoms.